The van der Waals surface area contributed by atoms with Gasteiger partial charge in [-0.1, -0.05) is 36.4 Å². The summed E-state index contributed by atoms with van der Waals surface area (Å²) in [6.07, 6.45) is 1.29. The fraction of sp³-hybridized carbons (Fsp3) is 0.391. The topological polar surface area (TPSA) is 105 Å². The molecule has 1 atom stereocenters. The summed E-state index contributed by atoms with van der Waals surface area (Å²) in [4.78, 5) is 24.9. The van der Waals surface area contributed by atoms with Crippen LogP contribution in [0.1, 0.15) is 25.3 Å². The van der Waals surface area contributed by atoms with Gasteiger partial charge in [-0.2, -0.15) is 4.31 Å². The molecule has 8 nitrogen and oxygen atoms in total. The summed E-state index contributed by atoms with van der Waals surface area (Å²) < 4.78 is 32.4. The maximum Gasteiger partial charge on any atom is 0.243 e. The highest BCUT2D eigenvalue weighted by Crippen LogP contribution is 2.22. The number of amides is 2. The van der Waals surface area contributed by atoms with Gasteiger partial charge in [-0.3, -0.25) is 9.59 Å². The van der Waals surface area contributed by atoms with E-state index in [1.165, 1.54) is 11.2 Å². The lowest BCUT2D eigenvalue weighted by Gasteiger charge is -2.32. The van der Waals surface area contributed by atoms with Crippen LogP contribution < -0.4 is 15.4 Å². The van der Waals surface area contributed by atoms with Gasteiger partial charge in [0.05, 0.1) is 12.0 Å². The van der Waals surface area contributed by atoms with Gasteiger partial charge >= 0.3 is 0 Å². The molecule has 0 aromatic heterocycles. The van der Waals surface area contributed by atoms with Crippen molar-refractivity contribution in [1.82, 2.24) is 14.9 Å². The zero-order valence-corrected chi connectivity index (χ0v) is 19.1. The van der Waals surface area contributed by atoms with Gasteiger partial charge in [-0.15, -0.1) is 0 Å². The number of nitrogens with one attached hydrogen (secondary N) is 2. The van der Waals surface area contributed by atoms with E-state index in [1.807, 2.05) is 18.2 Å². The smallest absolute Gasteiger partial charge is 0.243 e. The van der Waals surface area contributed by atoms with Crippen LogP contribution in [0.2, 0.25) is 0 Å². The van der Waals surface area contributed by atoms with E-state index in [1.54, 1.807) is 43.5 Å². The van der Waals surface area contributed by atoms with Gasteiger partial charge in [-0.05, 0) is 36.6 Å². The summed E-state index contributed by atoms with van der Waals surface area (Å²) in [7, 11) is -1.99. The van der Waals surface area contributed by atoms with E-state index in [0.717, 1.165) is 5.56 Å². The van der Waals surface area contributed by atoms with E-state index >= 15 is 0 Å². The van der Waals surface area contributed by atoms with Crippen molar-refractivity contribution in [2.24, 2.45) is 0 Å². The molecule has 172 valence electrons. The third-order valence-electron chi connectivity index (χ3n) is 5.49. The first-order chi connectivity index (χ1) is 15.3. The molecule has 1 heterocycles. The third-order valence-corrected chi connectivity index (χ3v) is 7.40. The Hall–Kier alpha value is -2.91. The highest BCUT2D eigenvalue weighted by molar-refractivity contribution is 7.89. The molecule has 2 aromatic rings. The van der Waals surface area contributed by atoms with E-state index in [2.05, 4.69) is 10.6 Å². The minimum absolute atomic E-state index is 0.168. The Kier molecular flexibility index (Phi) is 7.87. The summed E-state index contributed by atoms with van der Waals surface area (Å²) in [5, 5.41) is 5.69. The lowest BCUT2D eigenvalue weighted by molar-refractivity contribution is -0.128. The molecule has 1 aliphatic rings. The molecule has 2 aromatic carbocycles. The molecule has 2 amide bonds. The molecule has 9 heteroatoms. The van der Waals surface area contributed by atoms with E-state index in [-0.39, 0.29) is 29.2 Å². The molecule has 0 aliphatic carbocycles. The summed E-state index contributed by atoms with van der Waals surface area (Å²) in [6, 6.07) is 14.8. The van der Waals surface area contributed by atoms with Crippen LogP contribution in [0.3, 0.4) is 0 Å². The molecule has 1 fully saturated rings. The van der Waals surface area contributed by atoms with Crippen LogP contribution in [0.25, 0.3) is 0 Å². The second-order valence-electron chi connectivity index (χ2n) is 7.77. The van der Waals surface area contributed by atoms with Crippen molar-refractivity contribution in [3.05, 3.63) is 60.2 Å². The van der Waals surface area contributed by atoms with Crippen LogP contribution in [0, 0.1) is 0 Å². The lowest BCUT2D eigenvalue weighted by Crippen LogP contribution is -2.53. The van der Waals surface area contributed by atoms with E-state index in [4.69, 9.17) is 4.74 Å². The number of sulfonamides is 1. The first kappa shape index (κ1) is 23.7. The number of rotatable bonds is 8. The Morgan fingerprint density at radius 1 is 1.06 bits per heavy atom. The standard InChI is InChI=1S/C23H29N3O5S/c1-17(27)24-21(16-18-8-6-7-11-22(18)31-2)23(28)25-19-12-14-26(15-13-19)32(29,30)20-9-4-3-5-10-20/h3-11,19,21H,12-16H2,1-2H3,(H,24,27)(H,25,28). The van der Waals surface area contributed by atoms with Gasteiger partial charge in [0.2, 0.25) is 21.8 Å². The number of carbonyl (C=O) groups excluding carboxylic acids is 2. The first-order valence-corrected chi connectivity index (χ1v) is 12.0. The second-order valence-corrected chi connectivity index (χ2v) is 9.71. The zero-order valence-electron chi connectivity index (χ0n) is 18.3. The van der Waals surface area contributed by atoms with Gasteiger partial charge in [0.15, 0.2) is 0 Å². The summed E-state index contributed by atoms with van der Waals surface area (Å²) in [5.74, 6) is 0.0503. The normalized spacial score (nSPS) is 16.2. The molecular formula is C23H29N3O5S. The Balaban J connectivity index is 1.62. The van der Waals surface area contributed by atoms with Crippen LogP contribution in [0.5, 0.6) is 5.75 Å². The molecule has 0 radical (unpaired) electrons. The molecule has 32 heavy (non-hydrogen) atoms. The molecule has 3 rings (SSSR count). The molecule has 0 bridgehead atoms. The number of hydrogen-bond acceptors (Lipinski definition) is 5. The minimum Gasteiger partial charge on any atom is -0.496 e. The molecular weight excluding hydrogens is 430 g/mol. The number of nitrogens with zero attached hydrogens (tertiary/aromatic N) is 1. The Morgan fingerprint density at radius 3 is 2.31 bits per heavy atom. The number of carbonyl (C=O) groups is 2. The molecule has 0 saturated carbocycles. The van der Waals surface area contributed by atoms with Crippen molar-refractivity contribution < 1.29 is 22.7 Å². The van der Waals surface area contributed by atoms with Crippen LogP contribution in [-0.4, -0.2) is 56.8 Å². The fourth-order valence-electron chi connectivity index (χ4n) is 3.83. The largest absolute Gasteiger partial charge is 0.496 e. The Morgan fingerprint density at radius 2 is 1.69 bits per heavy atom. The molecule has 2 N–H and O–H groups in total. The van der Waals surface area contributed by atoms with Crippen LogP contribution in [0.4, 0.5) is 0 Å². The van der Waals surface area contributed by atoms with Gasteiger partial charge in [0.1, 0.15) is 11.8 Å². The first-order valence-electron chi connectivity index (χ1n) is 10.6. The molecule has 1 saturated heterocycles. The van der Waals surface area contributed by atoms with Gasteiger partial charge in [0.25, 0.3) is 0 Å². The minimum atomic E-state index is -3.54. The average molecular weight is 460 g/mol. The van der Waals surface area contributed by atoms with E-state index in [9.17, 15) is 18.0 Å². The van der Waals surface area contributed by atoms with Crippen LogP contribution >= 0.6 is 0 Å². The van der Waals surface area contributed by atoms with E-state index in [0.29, 0.717) is 31.7 Å². The van der Waals surface area contributed by atoms with Crippen molar-refractivity contribution in [3.63, 3.8) is 0 Å². The van der Waals surface area contributed by atoms with Crippen molar-refractivity contribution in [2.75, 3.05) is 20.2 Å². The van der Waals surface area contributed by atoms with Crippen molar-refractivity contribution >= 4 is 21.8 Å². The summed E-state index contributed by atoms with van der Waals surface area (Å²) in [5.41, 5.74) is 0.813. The average Bonchev–Trinajstić information content (AvgIpc) is 2.79. The zero-order chi connectivity index (χ0) is 23.1. The summed E-state index contributed by atoms with van der Waals surface area (Å²) in [6.45, 7) is 2.01. The monoisotopic (exact) mass is 459 g/mol. The quantitative estimate of drug-likeness (QED) is 0.625. The van der Waals surface area contributed by atoms with E-state index < -0.39 is 16.1 Å². The maximum absolute atomic E-state index is 13.0. The number of methoxy groups -OCH3 is 1. The second kappa shape index (κ2) is 10.6. The van der Waals surface area contributed by atoms with Crippen molar-refractivity contribution in [2.45, 2.75) is 43.2 Å². The Bertz CT molecular complexity index is 1030. The predicted octanol–water partition coefficient (Wildman–Crippen LogP) is 1.71. The highest BCUT2D eigenvalue weighted by atomic mass is 32.2. The molecule has 0 spiro atoms. The van der Waals surface area contributed by atoms with Gasteiger partial charge < -0.3 is 15.4 Å². The van der Waals surface area contributed by atoms with Crippen molar-refractivity contribution in [1.29, 1.82) is 0 Å². The SMILES string of the molecule is COc1ccccc1CC(NC(C)=O)C(=O)NC1CCN(S(=O)(=O)c2ccccc2)CC1. The van der Waals surface area contributed by atoms with Crippen LogP contribution in [-0.2, 0) is 26.0 Å². The number of hydrogen-bond donors (Lipinski definition) is 2. The molecule has 1 aliphatic heterocycles. The number of ether oxygens (including phenoxy) is 1. The molecule has 1 unspecified atom stereocenters. The van der Waals surface area contributed by atoms with Gasteiger partial charge in [-0.25, -0.2) is 8.42 Å². The number of para-hydroxylation sites is 1. The van der Waals surface area contributed by atoms with Crippen LogP contribution in [0.15, 0.2) is 59.5 Å². The lowest BCUT2D eigenvalue weighted by atomic mass is 10.0. The van der Waals surface area contributed by atoms with Crippen molar-refractivity contribution in [3.8, 4) is 5.75 Å². The summed E-state index contributed by atoms with van der Waals surface area (Å²) >= 11 is 0. The maximum atomic E-state index is 13.0. The highest BCUT2D eigenvalue weighted by Gasteiger charge is 2.31. The third kappa shape index (κ3) is 5.86. The fourth-order valence-corrected chi connectivity index (χ4v) is 5.32. The van der Waals surface area contributed by atoms with Gasteiger partial charge in [0, 0.05) is 32.5 Å². The number of piperidine rings is 1. The Labute approximate surface area is 189 Å². The number of benzene rings is 2. The predicted molar refractivity (Wildman–Crippen MR) is 121 cm³/mol.